The summed E-state index contributed by atoms with van der Waals surface area (Å²) in [6.45, 7) is 4.19. The minimum Gasteiger partial charge on any atom is -0.345 e. The minimum atomic E-state index is -0.101. The Morgan fingerprint density at radius 2 is 2.20 bits per heavy atom. The molecule has 0 spiro atoms. The van der Waals surface area contributed by atoms with Crippen molar-refractivity contribution in [3.05, 3.63) is 46.2 Å². The van der Waals surface area contributed by atoms with E-state index in [0.29, 0.717) is 12.1 Å². The fraction of sp³-hybridized carbons (Fsp3) is 0.231. The number of fused-ring (bicyclic) bond motifs is 1. The Morgan fingerprint density at radius 1 is 1.35 bits per heavy atom. The Bertz CT molecular complexity index is 776. The number of hydrogen-bond acceptors (Lipinski definition) is 5. The number of carbonyl (C=O) groups excluding carboxylic acids is 1. The molecule has 0 aliphatic carbocycles. The van der Waals surface area contributed by atoms with Gasteiger partial charge in [0, 0.05) is 5.56 Å². The lowest BCUT2D eigenvalue weighted by atomic mass is 10.1. The Hall–Kier alpha value is -2.28. The van der Waals surface area contributed by atoms with Gasteiger partial charge in [0.05, 0.1) is 6.54 Å². The fourth-order valence-corrected chi connectivity index (χ4v) is 2.69. The van der Waals surface area contributed by atoms with Gasteiger partial charge in [0.25, 0.3) is 5.91 Å². The Kier molecular flexibility index (Phi) is 3.19. The molecule has 0 aliphatic rings. The molecule has 1 N–H and O–H groups in total. The second-order valence-electron chi connectivity index (χ2n) is 4.49. The highest BCUT2D eigenvalue weighted by Gasteiger charge is 2.10. The number of amides is 1. The lowest BCUT2D eigenvalue weighted by Gasteiger charge is -2.03. The second kappa shape index (κ2) is 5.01. The van der Waals surface area contributed by atoms with Crippen LogP contribution < -0.4 is 5.32 Å². The quantitative estimate of drug-likeness (QED) is 0.796. The Balaban J connectivity index is 1.71. The number of rotatable bonds is 3. The third kappa shape index (κ3) is 2.39. The summed E-state index contributed by atoms with van der Waals surface area (Å²) in [6, 6.07) is 7.49. The number of nitrogens with one attached hydrogen (secondary N) is 1. The van der Waals surface area contributed by atoms with Crippen molar-refractivity contribution in [2.75, 3.05) is 0 Å². The molecule has 1 amide bonds. The standard InChI is InChI=1S/C13H13N5OS/c1-8-4-3-5-10(6-8)12(19)14-7-11-17-18-9(2)15-16-13(18)20-11/h3-6H,7H2,1-2H3,(H,14,19). The van der Waals surface area contributed by atoms with Gasteiger partial charge in [-0.15, -0.1) is 10.2 Å². The molecule has 0 aliphatic heterocycles. The number of nitrogens with zero attached hydrogens (tertiary/aromatic N) is 4. The first kappa shape index (κ1) is 12.7. The van der Waals surface area contributed by atoms with E-state index in [1.54, 1.807) is 10.6 Å². The normalized spacial score (nSPS) is 10.9. The zero-order valence-electron chi connectivity index (χ0n) is 11.1. The molecule has 20 heavy (non-hydrogen) atoms. The van der Waals surface area contributed by atoms with Crippen LogP contribution in [0.1, 0.15) is 26.8 Å². The molecule has 0 unspecified atom stereocenters. The van der Waals surface area contributed by atoms with E-state index < -0.39 is 0 Å². The van der Waals surface area contributed by atoms with E-state index in [1.165, 1.54) is 11.3 Å². The highest BCUT2D eigenvalue weighted by molar-refractivity contribution is 7.16. The molecule has 0 atom stereocenters. The van der Waals surface area contributed by atoms with Gasteiger partial charge in [-0.05, 0) is 26.0 Å². The lowest BCUT2D eigenvalue weighted by molar-refractivity contribution is 0.0950. The molecule has 6 nitrogen and oxygen atoms in total. The molecule has 2 heterocycles. The van der Waals surface area contributed by atoms with Crippen molar-refractivity contribution in [3.8, 4) is 0 Å². The molecule has 0 fully saturated rings. The molecule has 1 aromatic carbocycles. The third-order valence-corrected chi connectivity index (χ3v) is 3.77. The summed E-state index contributed by atoms with van der Waals surface area (Å²) in [5.41, 5.74) is 1.72. The predicted octanol–water partition coefficient (Wildman–Crippen LogP) is 1.73. The van der Waals surface area contributed by atoms with Crippen LogP contribution in [-0.2, 0) is 6.54 Å². The van der Waals surface area contributed by atoms with Crippen molar-refractivity contribution in [3.63, 3.8) is 0 Å². The SMILES string of the molecule is Cc1cccc(C(=O)NCc2nn3c(C)nnc3s2)c1. The van der Waals surface area contributed by atoms with Crippen LogP contribution in [0.5, 0.6) is 0 Å². The molecule has 3 aromatic rings. The average molecular weight is 287 g/mol. The van der Waals surface area contributed by atoms with E-state index in [4.69, 9.17) is 0 Å². The first-order valence-corrected chi connectivity index (χ1v) is 6.98. The van der Waals surface area contributed by atoms with Crippen molar-refractivity contribution >= 4 is 22.2 Å². The number of carbonyl (C=O) groups is 1. The van der Waals surface area contributed by atoms with E-state index >= 15 is 0 Å². The maximum atomic E-state index is 12.0. The highest BCUT2D eigenvalue weighted by atomic mass is 32.1. The number of hydrogen-bond donors (Lipinski definition) is 1. The summed E-state index contributed by atoms with van der Waals surface area (Å²) in [4.78, 5) is 12.8. The summed E-state index contributed by atoms with van der Waals surface area (Å²) in [5.74, 6) is 0.642. The van der Waals surface area contributed by atoms with Crippen molar-refractivity contribution < 1.29 is 4.79 Å². The Morgan fingerprint density at radius 3 is 2.95 bits per heavy atom. The van der Waals surface area contributed by atoms with E-state index in [0.717, 1.165) is 21.4 Å². The molecule has 3 rings (SSSR count). The molecule has 0 bridgehead atoms. The minimum absolute atomic E-state index is 0.101. The van der Waals surface area contributed by atoms with Gasteiger partial charge in [-0.25, -0.2) is 0 Å². The third-order valence-electron chi connectivity index (χ3n) is 2.87. The van der Waals surface area contributed by atoms with Gasteiger partial charge < -0.3 is 5.32 Å². The summed E-state index contributed by atoms with van der Waals surface area (Å²) in [5, 5.41) is 15.9. The van der Waals surface area contributed by atoms with Gasteiger partial charge in [0.15, 0.2) is 5.82 Å². The first-order valence-electron chi connectivity index (χ1n) is 6.16. The molecular weight excluding hydrogens is 274 g/mol. The van der Waals surface area contributed by atoms with Crippen LogP contribution in [0.4, 0.5) is 0 Å². The van der Waals surface area contributed by atoms with Crippen LogP contribution >= 0.6 is 11.3 Å². The van der Waals surface area contributed by atoms with Crippen molar-refractivity contribution in [1.29, 1.82) is 0 Å². The van der Waals surface area contributed by atoms with Gasteiger partial charge in [-0.1, -0.05) is 29.0 Å². The van der Waals surface area contributed by atoms with E-state index in [2.05, 4.69) is 20.6 Å². The van der Waals surface area contributed by atoms with Crippen LogP contribution in [0, 0.1) is 13.8 Å². The molecule has 7 heteroatoms. The fourth-order valence-electron chi connectivity index (χ4n) is 1.87. The maximum Gasteiger partial charge on any atom is 0.251 e. The topological polar surface area (TPSA) is 72.2 Å². The van der Waals surface area contributed by atoms with Crippen LogP contribution in [0.2, 0.25) is 0 Å². The molecule has 102 valence electrons. The summed E-state index contributed by atoms with van der Waals surface area (Å²) >= 11 is 1.42. The zero-order valence-corrected chi connectivity index (χ0v) is 11.9. The van der Waals surface area contributed by atoms with Gasteiger partial charge in [0.2, 0.25) is 4.96 Å². The lowest BCUT2D eigenvalue weighted by Crippen LogP contribution is -2.22. The maximum absolute atomic E-state index is 12.0. The summed E-state index contributed by atoms with van der Waals surface area (Å²) in [7, 11) is 0. The Labute approximate surface area is 119 Å². The van der Waals surface area contributed by atoms with Crippen molar-refractivity contribution in [1.82, 2.24) is 25.1 Å². The van der Waals surface area contributed by atoms with E-state index in [9.17, 15) is 4.79 Å². The predicted molar refractivity (Wildman–Crippen MR) is 75.7 cm³/mol. The highest BCUT2D eigenvalue weighted by Crippen LogP contribution is 2.13. The molecule has 2 aromatic heterocycles. The monoisotopic (exact) mass is 287 g/mol. The van der Waals surface area contributed by atoms with Crippen LogP contribution in [0.15, 0.2) is 24.3 Å². The molecule has 0 saturated carbocycles. The molecular formula is C13H13N5OS. The van der Waals surface area contributed by atoms with E-state index in [1.807, 2.05) is 32.0 Å². The number of benzene rings is 1. The molecule has 0 saturated heterocycles. The smallest absolute Gasteiger partial charge is 0.251 e. The van der Waals surface area contributed by atoms with Crippen LogP contribution in [0.25, 0.3) is 4.96 Å². The number of aromatic nitrogens is 4. The van der Waals surface area contributed by atoms with Gasteiger partial charge >= 0.3 is 0 Å². The largest absolute Gasteiger partial charge is 0.345 e. The van der Waals surface area contributed by atoms with Crippen LogP contribution in [-0.4, -0.2) is 25.7 Å². The molecule has 0 radical (unpaired) electrons. The zero-order chi connectivity index (χ0) is 14.1. The van der Waals surface area contributed by atoms with Gasteiger partial charge in [-0.3, -0.25) is 4.79 Å². The van der Waals surface area contributed by atoms with Gasteiger partial charge in [-0.2, -0.15) is 9.61 Å². The summed E-state index contributed by atoms with van der Waals surface area (Å²) in [6.07, 6.45) is 0. The number of aryl methyl sites for hydroxylation is 2. The average Bonchev–Trinajstić information content (AvgIpc) is 2.98. The first-order chi connectivity index (χ1) is 9.63. The van der Waals surface area contributed by atoms with Gasteiger partial charge in [0.1, 0.15) is 5.01 Å². The van der Waals surface area contributed by atoms with Crippen molar-refractivity contribution in [2.45, 2.75) is 20.4 Å². The van der Waals surface area contributed by atoms with Crippen molar-refractivity contribution in [2.24, 2.45) is 0 Å². The second-order valence-corrected chi connectivity index (χ2v) is 5.53. The van der Waals surface area contributed by atoms with Crippen LogP contribution in [0.3, 0.4) is 0 Å². The summed E-state index contributed by atoms with van der Waals surface area (Å²) < 4.78 is 1.68. The van der Waals surface area contributed by atoms with E-state index in [-0.39, 0.29) is 5.91 Å².